The Hall–Kier alpha value is -2.70. The molecule has 228 valence electrons. The van der Waals surface area contributed by atoms with Gasteiger partial charge in [-0.3, -0.25) is 9.59 Å². The van der Waals surface area contributed by atoms with Gasteiger partial charge in [0.25, 0.3) is 8.32 Å². The molecule has 2 aliphatic carbocycles. The van der Waals surface area contributed by atoms with E-state index >= 15 is 0 Å². The number of esters is 2. The van der Waals surface area contributed by atoms with Crippen molar-refractivity contribution in [3.8, 4) is 0 Å². The first-order valence-electron chi connectivity index (χ1n) is 15.9. The van der Waals surface area contributed by atoms with Crippen molar-refractivity contribution in [1.82, 2.24) is 0 Å². The van der Waals surface area contributed by atoms with E-state index in [-0.39, 0.29) is 41.2 Å². The Kier molecular flexibility index (Phi) is 10.9. The van der Waals surface area contributed by atoms with Crippen molar-refractivity contribution in [2.45, 2.75) is 110 Å². The van der Waals surface area contributed by atoms with Crippen LogP contribution in [0, 0.1) is 17.8 Å². The van der Waals surface area contributed by atoms with E-state index in [0.717, 1.165) is 44.9 Å². The monoisotopic (exact) mass is 590 g/mol. The van der Waals surface area contributed by atoms with E-state index in [4.69, 9.17) is 13.9 Å². The predicted octanol–water partition coefficient (Wildman–Crippen LogP) is 6.98. The molecule has 2 saturated carbocycles. The van der Waals surface area contributed by atoms with Gasteiger partial charge in [0.15, 0.2) is 0 Å². The average Bonchev–Trinajstić information content (AvgIpc) is 3.46. The lowest BCUT2D eigenvalue weighted by Crippen LogP contribution is -2.67. The highest BCUT2D eigenvalue weighted by Crippen LogP contribution is 2.52. The largest absolute Gasteiger partial charge is 0.462 e. The molecule has 0 radical (unpaired) electrons. The number of hydrogen-bond donors (Lipinski definition) is 0. The average molecular weight is 591 g/mol. The molecule has 0 aromatic heterocycles. The molecule has 5 nitrogen and oxygen atoms in total. The summed E-state index contributed by atoms with van der Waals surface area (Å²) >= 11 is 0. The van der Waals surface area contributed by atoms with Crippen LogP contribution in [0.1, 0.15) is 86.5 Å². The summed E-state index contributed by atoms with van der Waals surface area (Å²) in [6.45, 7) is 12.1. The van der Waals surface area contributed by atoms with Crippen LogP contribution >= 0.6 is 0 Å². The molecule has 4 rings (SSSR count). The Morgan fingerprint density at radius 1 is 0.905 bits per heavy atom. The van der Waals surface area contributed by atoms with Gasteiger partial charge in [0.1, 0.15) is 12.2 Å². The molecule has 2 fully saturated rings. The zero-order chi connectivity index (χ0) is 30.3. The van der Waals surface area contributed by atoms with Crippen LogP contribution < -0.4 is 10.4 Å². The molecule has 0 heterocycles. The Balaban J connectivity index is 1.62. The summed E-state index contributed by atoms with van der Waals surface area (Å²) in [6.07, 6.45) is 10.7. The van der Waals surface area contributed by atoms with E-state index in [2.05, 4.69) is 101 Å². The first kappa shape index (κ1) is 32.2. The lowest BCUT2D eigenvalue weighted by molar-refractivity contribution is -0.147. The second-order valence-electron chi connectivity index (χ2n) is 13.3. The summed E-state index contributed by atoms with van der Waals surface area (Å²) in [5.41, 5.74) is 0. The quantitative estimate of drug-likeness (QED) is 0.116. The van der Waals surface area contributed by atoms with Crippen LogP contribution in [0.2, 0.25) is 5.04 Å². The van der Waals surface area contributed by atoms with Crippen LogP contribution in [-0.2, 0) is 23.5 Å². The van der Waals surface area contributed by atoms with E-state index in [1.165, 1.54) is 24.2 Å². The third-order valence-electron chi connectivity index (χ3n) is 9.20. The summed E-state index contributed by atoms with van der Waals surface area (Å²) < 4.78 is 19.0. The van der Waals surface area contributed by atoms with Crippen molar-refractivity contribution >= 4 is 30.6 Å². The molecule has 0 amide bonds. The zero-order valence-corrected chi connectivity index (χ0v) is 27.4. The van der Waals surface area contributed by atoms with E-state index in [1.807, 2.05) is 0 Å². The summed E-state index contributed by atoms with van der Waals surface area (Å²) in [4.78, 5) is 23.9. The van der Waals surface area contributed by atoms with Gasteiger partial charge in [0, 0.05) is 25.9 Å². The highest BCUT2D eigenvalue weighted by molar-refractivity contribution is 6.99. The molecule has 2 aromatic carbocycles. The molecule has 0 aliphatic heterocycles. The van der Waals surface area contributed by atoms with E-state index in [1.54, 1.807) is 0 Å². The number of rotatable bonds is 12. The minimum atomic E-state index is -2.66. The van der Waals surface area contributed by atoms with Crippen LogP contribution in [0.3, 0.4) is 0 Å². The number of hydrogen-bond acceptors (Lipinski definition) is 5. The third-order valence-corrected chi connectivity index (χ3v) is 14.3. The highest BCUT2D eigenvalue weighted by Gasteiger charge is 2.55. The highest BCUT2D eigenvalue weighted by atomic mass is 28.4. The number of carbonyl (C=O) groups is 2. The van der Waals surface area contributed by atoms with Gasteiger partial charge in [-0.25, -0.2) is 0 Å². The summed E-state index contributed by atoms with van der Waals surface area (Å²) in [6, 6.07) is 21.7. The second-order valence-corrected chi connectivity index (χ2v) is 17.5. The standard InChI is InChI=1S/C36H50O5Si/c1-7-8-11-16-29(39-26(2)37)21-22-33-34-25-30(23-28(34)24-35(33)40-27(3)38)41-42(36(4,5)6,31-17-12-9-13-18-31)32-19-14-10-15-20-32/h9-10,12-15,17-22,28-30,33-35H,7-8,11,16,23-25H2,1-6H3/b22-21+/t28-,29-,30-,33+,34-,35+/m0/s1. The molecule has 0 N–H and O–H groups in total. The molecular formula is C36H50O5Si. The smallest absolute Gasteiger partial charge is 0.303 e. The van der Waals surface area contributed by atoms with E-state index in [9.17, 15) is 9.59 Å². The van der Waals surface area contributed by atoms with Gasteiger partial charge in [0.05, 0.1) is 0 Å². The maximum atomic E-state index is 12.1. The molecule has 2 aliphatic rings. The topological polar surface area (TPSA) is 61.8 Å². The maximum absolute atomic E-state index is 12.1. The fourth-order valence-electron chi connectivity index (χ4n) is 7.48. The summed E-state index contributed by atoms with van der Waals surface area (Å²) in [5.74, 6) is 0.345. The van der Waals surface area contributed by atoms with Crippen molar-refractivity contribution in [3.63, 3.8) is 0 Å². The first-order valence-corrected chi connectivity index (χ1v) is 17.8. The van der Waals surface area contributed by atoms with Crippen LogP contribution in [0.25, 0.3) is 0 Å². The van der Waals surface area contributed by atoms with E-state index < -0.39 is 8.32 Å². The number of carbonyl (C=O) groups excluding carboxylic acids is 2. The SMILES string of the molecule is CCCCC[C@@H](/C=C/[C@@H]1[C@H]2C[C@@H](O[Si](c3ccccc3)(c3ccccc3)C(C)(C)C)C[C@H]2C[C@H]1OC(C)=O)OC(C)=O. The van der Waals surface area contributed by atoms with Gasteiger partial charge in [-0.05, 0) is 65.4 Å². The molecule has 6 atom stereocenters. The van der Waals surface area contributed by atoms with Gasteiger partial charge < -0.3 is 13.9 Å². The van der Waals surface area contributed by atoms with Crippen molar-refractivity contribution < 1.29 is 23.5 Å². The Labute approximate surface area is 254 Å². The molecule has 2 aromatic rings. The molecule has 0 spiro atoms. The third kappa shape index (κ3) is 7.43. The number of ether oxygens (including phenoxy) is 2. The maximum Gasteiger partial charge on any atom is 0.303 e. The lowest BCUT2D eigenvalue weighted by Gasteiger charge is -2.45. The zero-order valence-electron chi connectivity index (χ0n) is 26.4. The predicted molar refractivity (Wildman–Crippen MR) is 171 cm³/mol. The molecule has 0 saturated heterocycles. The fourth-order valence-corrected chi connectivity index (χ4v) is 12.2. The van der Waals surface area contributed by atoms with Crippen LogP contribution in [0.15, 0.2) is 72.8 Å². The second kappa shape index (κ2) is 14.2. The molecular weight excluding hydrogens is 540 g/mol. The minimum Gasteiger partial charge on any atom is -0.462 e. The van der Waals surface area contributed by atoms with Gasteiger partial charge in [-0.1, -0.05) is 107 Å². The Morgan fingerprint density at radius 3 is 2.05 bits per heavy atom. The van der Waals surface area contributed by atoms with Gasteiger partial charge >= 0.3 is 11.9 Å². The van der Waals surface area contributed by atoms with Crippen LogP contribution in [0.5, 0.6) is 0 Å². The fraction of sp³-hybridized carbons (Fsp3) is 0.556. The van der Waals surface area contributed by atoms with Gasteiger partial charge in [-0.15, -0.1) is 0 Å². The summed E-state index contributed by atoms with van der Waals surface area (Å²) in [7, 11) is -2.66. The van der Waals surface area contributed by atoms with Crippen molar-refractivity contribution in [2.75, 3.05) is 0 Å². The summed E-state index contributed by atoms with van der Waals surface area (Å²) in [5, 5.41) is 2.51. The van der Waals surface area contributed by atoms with Gasteiger partial charge in [0.2, 0.25) is 0 Å². The molecule has 42 heavy (non-hydrogen) atoms. The molecule has 6 heteroatoms. The molecule has 0 bridgehead atoms. The number of benzene rings is 2. The number of fused-ring (bicyclic) bond motifs is 1. The van der Waals surface area contributed by atoms with Gasteiger partial charge in [-0.2, -0.15) is 0 Å². The van der Waals surface area contributed by atoms with Crippen molar-refractivity contribution in [1.29, 1.82) is 0 Å². The number of unbranched alkanes of at least 4 members (excludes halogenated alkanes) is 2. The first-order chi connectivity index (χ1) is 20.0. The Bertz CT molecular complexity index is 1150. The Morgan fingerprint density at radius 2 is 1.52 bits per heavy atom. The van der Waals surface area contributed by atoms with Crippen LogP contribution in [0.4, 0.5) is 0 Å². The van der Waals surface area contributed by atoms with E-state index in [0.29, 0.717) is 11.8 Å². The molecule has 0 unspecified atom stereocenters. The van der Waals surface area contributed by atoms with Crippen molar-refractivity contribution in [2.24, 2.45) is 17.8 Å². The normalized spacial score (nSPS) is 24.9. The lowest BCUT2D eigenvalue weighted by atomic mass is 9.90. The van der Waals surface area contributed by atoms with Crippen molar-refractivity contribution in [3.05, 3.63) is 72.8 Å². The minimum absolute atomic E-state index is 0.0795. The van der Waals surface area contributed by atoms with Crippen LogP contribution in [-0.4, -0.2) is 38.6 Å².